The van der Waals surface area contributed by atoms with E-state index in [4.69, 9.17) is 23.2 Å². The van der Waals surface area contributed by atoms with Gasteiger partial charge in [-0.2, -0.15) is 5.10 Å². The smallest absolute Gasteiger partial charge is 0.0721 e. The summed E-state index contributed by atoms with van der Waals surface area (Å²) in [6.07, 6.45) is 3.86. The number of nitrogens with one attached hydrogen (secondary N) is 1. The number of anilines is 1. The standard InChI is InChI=1S/C13H15Cl2N3/c1-9(2)18-8-10(7-17-18)6-16-13-11(14)4-3-5-12(13)15/h3-5,7-9,16H,6H2,1-2H3. The van der Waals surface area contributed by atoms with E-state index in [2.05, 4.69) is 24.3 Å². The maximum atomic E-state index is 6.08. The molecule has 0 aliphatic carbocycles. The van der Waals surface area contributed by atoms with Crippen molar-refractivity contribution in [2.75, 3.05) is 5.32 Å². The van der Waals surface area contributed by atoms with Crippen LogP contribution in [0, 0.1) is 0 Å². The molecule has 3 nitrogen and oxygen atoms in total. The summed E-state index contributed by atoms with van der Waals surface area (Å²) in [5.41, 5.74) is 1.86. The normalized spacial score (nSPS) is 10.9. The molecule has 96 valence electrons. The predicted molar refractivity (Wildman–Crippen MR) is 76.4 cm³/mol. The highest BCUT2D eigenvalue weighted by atomic mass is 35.5. The van der Waals surface area contributed by atoms with Crippen LogP contribution in [0.4, 0.5) is 5.69 Å². The molecule has 0 fully saturated rings. The molecule has 1 N–H and O–H groups in total. The Morgan fingerprint density at radius 3 is 2.50 bits per heavy atom. The average molecular weight is 284 g/mol. The van der Waals surface area contributed by atoms with Crippen molar-refractivity contribution in [2.45, 2.75) is 26.4 Å². The zero-order valence-electron chi connectivity index (χ0n) is 10.3. The summed E-state index contributed by atoms with van der Waals surface area (Å²) in [5, 5.41) is 8.76. The van der Waals surface area contributed by atoms with Crippen LogP contribution in [0.25, 0.3) is 0 Å². The highest BCUT2D eigenvalue weighted by Crippen LogP contribution is 2.30. The molecule has 0 unspecified atom stereocenters. The van der Waals surface area contributed by atoms with Crippen molar-refractivity contribution in [3.8, 4) is 0 Å². The van der Waals surface area contributed by atoms with Gasteiger partial charge in [0.25, 0.3) is 0 Å². The third-order valence-corrected chi connectivity index (χ3v) is 3.25. The molecule has 0 spiro atoms. The number of aromatic nitrogens is 2. The molecule has 0 saturated heterocycles. The lowest BCUT2D eigenvalue weighted by Crippen LogP contribution is -2.01. The number of halogens is 2. The first-order valence-corrected chi connectivity index (χ1v) is 6.54. The maximum absolute atomic E-state index is 6.08. The van der Waals surface area contributed by atoms with Crippen LogP contribution in [0.3, 0.4) is 0 Å². The number of rotatable bonds is 4. The zero-order chi connectivity index (χ0) is 13.1. The number of hydrogen-bond donors (Lipinski definition) is 1. The van der Waals surface area contributed by atoms with Crippen LogP contribution in [-0.4, -0.2) is 9.78 Å². The molecular formula is C13H15Cl2N3. The van der Waals surface area contributed by atoms with Gasteiger partial charge in [0.15, 0.2) is 0 Å². The largest absolute Gasteiger partial charge is 0.378 e. The topological polar surface area (TPSA) is 29.9 Å². The Labute approximate surface area is 117 Å². The van der Waals surface area contributed by atoms with Crippen LogP contribution in [0.1, 0.15) is 25.5 Å². The second-order valence-corrected chi connectivity index (χ2v) is 5.19. The van der Waals surface area contributed by atoms with E-state index in [9.17, 15) is 0 Å². The SMILES string of the molecule is CC(C)n1cc(CNc2c(Cl)cccc2Cl)cn1. The van der Waals surface area contributed by atoms with Gasteiger partial charge in [-0.3, -0.25) is 4.68 Å². The highest BCUT2D eigenvalue weighted by Gasteiger charge is 2.06. The maximum Gasteiger partial charge on any atom is 0.0721 e. The van der Waals surface area contributed by atoms with Crippen molar-refractivity contribution in [2.24, 2.45) is 0 Å². The molecule has 0 atom stereocenters. The highest BCUT2D eigenvalue weighted by molar-refractivity contribution is 6.39. The molecule has 1 aromatic carbocycles. The molecule has 18 heavy (non-hydrogen) atoms. The molecule has 2 rings (SSSR count). The Morgan fingerprint density at radius 2 is 1.94 bits per heavy atom. The summed E-state index contributed by atoms with van der Waals surface area (Å²) in [4.78, 5) is 0. The number of para-hydroxylation sites is 1. The minimum atomic E-state index is 0.364. The summed E-state index contributed by atoms with van der Waals surface area (Å²) >= 11 is 12.2. The Hall–Kier alpha value is -1.19. The van der Waals surface area contributed by atoms with Crippen molar-refractivity contribution >= 4 is 28.9 Å². The third-order valence-electron chi connectivity index (χ3n) is 2.62. The third kappa shape index (κ3) is 2.98. The summed E-state index contributed by atoms with van der Waals surface area (Å²) in [6, 6.07) is 5.82. The van der Waals surface area contributed by atoms with Gasteiger partial charge in [0.1, 0.15) is 0 Å². The molecule has 2 aromatic rings. The summed E-state index contributed by atoms with van der Waals surface area (Å²) in [5.74, 6) is 0. The molecule has 0 radical (unpaired) electrons. The summed E-state index contributed by atoms with van der Waals surface area (Å²) < 4.78 is 1.92. The first kappa shape index (κ1) is 13.2. The van der Waals surface area contributed by atoms with Crippen LogP contribution in [0.15, 0.2) is 30.6 Å². The van der Waals surface area contributed by atoms with Crippen molar-refractivity contribution in [1.82, 2.24) is 9.78 Å². The van der Waals surface area contributed by atoms with Crippen LogP contribution in [-0.2, 0) is 6.54 Å². The van der Waals surface area contributed by atoms with Gasteiger partial charge in [-0.25, -0.2) is 0 Å². The number of nitrogens with zero attached hydrogens (tertiary/aromatic N) is 2. The quantitative estimate of drug-likeness (QED) is 0.902. The Bertz CT molecular complexity index is 515. The van der Waals surface area contributed by atoms with E-state index in [0.717, 1.165) is 11.3 Å². The molecule has 0 aliphatic rings. The van der Waals surface area contributed by atoms with E-state index >= 15 is 0 Å². The summed E-state index contributed by atoms with van der Waals surface area (Å²) in [7, 11) is 0. The van der Waals surface area contributed by atoms with Gasteiger partial charge in [-0.1, -0.05) is 29.3 Å². The molecular weight excluding hydrogens is 269 g/mol. The fourth-order valence-electron chi connectivity index (χ4n) is 1.61. The van der Waals surface area contributed by atoms with Crippen LogP contribution in [0.2, 0.25) is 10.0 Å². The Kier molecular flexibility index (Phi) is 4.15. The fraction of sp³-hybridized carbons (Fsp3) is 0.308. The molecule has 1 aromatic heterocycles. The first-order chi connectivity index (χ1) is 8.58. The van der Waals surface area contributed by atoms with E-state index in [0.29, 0.717) is 22.6 Å². The molecule has 0 amide bonds. The van der Waals surface area contributed by atoms with Gasteiger partial charge in [0.2, 0.25) is 0 Å². The lowest BCUT2D eigenvalue weighted by atomic mass is 10.3. The average Bonchev–Trinajstić information content (AvgIpc) is 2.77. The molecule has 0 saturated carbocycles. The minimum Gasteiger partial charge on any atom is -0.378 e. The van der Waals surface area contributed by atoms with E-state index < -0.39 is 0 Å². The van der Waals surface area contributed by atoms with Gasteiger partial charge in [0.05, 0.1) is 21.9 Å². The van der Waals surface area contributed by atoms with Gasteiger partial charge in [-0.15, -0.1) is 0 Å². The van der Waals surface area contributed by atoms with Crippen molar-refractivity contribution in [1.29, 1.82) is 0 Å². The van der Waals surface area contributed by atoms with Crippen molar-refractivity contribution in [3.05, 3.63) is 46.2 Å². The zero-order valence-corrected chi connectivity index (χ0v) is 11.8. The summed E-state index contributed by atoms with van der Waals surface area (Å²) in [6.45, 7) is 4.83. The van der Waals surface area contributed by atoms with E-state index in [-0.39, 0.29) is 0 Å². The number of hydrogen-bond acceptors (Lipinski definition) is 2. The minimum absolute atomic E-state index is 0.364. The molecule has 5 heteroatoms. The predicted octanol–water partition coefficient (Wildman–Crippen LogP) is 4.38. The van der Waals surface area contributed by atoms with Crippen molar-refractivity contribution < 1.29 is 0 Å². The monoisotopic (exact) mass is 283 g/mol. The second-order valence-electron chi connectivity index (χ2n) is 4.37. The van der Waals surface area contributed by atoms with Gasteiger partial charge < -0.3 is 5.32 Å². The van der Waals surface area contributed by atoms with E-state index in [1.807, 2.05) is 35.3 Å². The molecule has 1 heterocycles. The van der Waals surface area contributed by atoms with Crippen molar-refractivity contribution in [3.63, 3.8) is 0 Å². The molecule has 0 bridgehead atoms. The molecule has 0 aliphatic heterocycles. The van der Waals surface area contributed by atoms with Gasteiger partial charge in [0, 0.05) is 24.3 Å². The Morgan fingerprint density at radius 1 is 1.28 bits per heavy atom. The lowest BCUT2D eigenvalue weighted by molar-refractivity contribution is 0.532. The van der Waals surface area contributed by atoms with Crippen LogP contribution < -0.4 is 5.32 Å². The number of benzene rings is 1. The van der Waals surface area contributed by atoms with Gasteiger partial charge >= 0.3 is 0 Å². The first-order valence-electron chi connectivity index (χ1n) is 5.79. The van der Waals surface area contributed by atoms with Gasteiger partial charge in [-0.05, 0) is 26.0 Å². The van der Waals surface area contributed by atoms with E-state index in [1.54, 1.807) is 0 Å². The van der Waals surface area contributed by atoms with E-state index in [1.165, 1.54) is 0 Å². The van der Waals surface area contributed by atoms with Crippen LogP contribution >= 0.6 is 23.2 Å². The van der Waals surface area contributed by atoms with Crippen LogP contribution in [0.5, 0.6) is 0 Å². The lowest BCUT2D eigenvalue weighted by Gasteiger charge is -2.09. The second kappa shape index (κ2) is 5.63. The fourth-order valence-corrected chi connectivity index (χ4v) is 2.14. The Balaban J connectivity index is 2.07.